The number of nitrogens with zero attached hydrogens (tertiary/aromatic N) is 3. The number of nitrogen functional groups attached to an aromatic ring is 1. The Morgan fingerprint density at radius 2 is 2.58 bits per heavy atom. The molecule has 0 atom stereocenters. The van der Waals surface area contributed by atoms with Gasteiger partial charge < -0.3 is 10.6 Å². The molecule has 12 heavy (non-hydrogen) atoms. The van der Waals surface area contributed by atoms with Crippen LogP contribution in [-0.4, -0.2) is 28.5 Å². The molecule has 0 aromatic carbocycles. The van der Waals surface area contributed by atoms with Gasteiger partial charge in [0.15, 0.2) is 23.0 Å². The second-order valence-corrected chi connectivity index (χ2v) is 2.52. The summed E-state index contributed by atoms with van der Waals surface area (Å²) in [6.07, 6.45) is 0.505. The van der Waals surface area contributed by atoms with Crippen molar-refractivity contribution in [3.05, 3.63) is 5.82 Å². The lowest BCUT2D eigenvalue weighted by molar-refractivity contribution is -0.102. The predicted octanol–water partition coefficient (Wildman–Crippen LogP) is -0.330. The summed E-state index contributed by atoms with van der Waals surface area (Å²) in [4.78, 5) is 18.5. The Hall–Kier alpha value is -1.50. The van der Waals surface area contributed by atoms with Crippen molar-refractivity contribution < 1.29 is 9.63 Å². The molecule has 0 fully saturated rings. The first-order valence-corrected chi connectivity index (χ1v) is 3.71. The first kappa shape index (κ1) is 8.60. The molecule has 0 bridgehead atoms. The van der Waals surface area contributed by atoms with Crippen molar-refractivity contribution in [1.29, 1.82) is 0 Å². The summed E-state index contributed by atoms with van der Waals surface area (Å²) in [5, 5.41) is 3.69. The second kappa shape index (κ2) is 3.77. The molecule has 64 valence electrons. The zero-order chi connectivity index (χ0) is 8.97. The summed E-state index contributed by atoms with van der Waals surface area (Å²) in [7, 11) is 1.33. The van der Waals surface area contributed by atoms with E-state index in [2.05, 4.69) is 19.4 Å². The van der Waals surface area contributed by atoms with Gasteiger partial charge in [0.25, 0.3) is 0 Å². The molecular weight excluding hydrogens is 180 g/mol. The van der Waals surface area contributed by atoms with Crippen molar-refractivity contribution in [3.8, 4) is 0 Å². The SMILES string of the molecule is CO/N=C(\C=O)c1nsc(N)n1. The van der Waals surface area contributed by atoms with E-state index < -0.39 is 0 Å². The van der Waals surface area contributed by atoms with Gasteiger partial charge in [0.2, 0.25) is 0 Å². The van der Waals surface area contributed by atoms with E-state index in [4.69, 9.17) is 5.73 Å². The third-order valence-electron chi connectivity index (χ3n) is 0.972. The summed E-state index contributed by atoms with van der Waals surface area (Å²) in [5.74, 6) is 0.189. The lowest BCUT2D eigenvalue weighted by atomic mass is 10.4. The highest BCUT2D eigenvalue weighted by atomic mass is 32.1. The Morgan fingerprint density at radius 1 is 1.83 bits per heavy atom. The van der Waals surface area contributed by atoms with Crippen molar-refractivity contribution in [3.63, 3.8) is 0 Å². The minimum Gasteiger partial charge on any atom is -0.398 e. The van der Waals surface area contributed by atoms with Crippen molar-refractivity contribution in [2.24, 2.45) is 5.16 Å². The van der Waals surface area contributed by atoms with E-state index in [1.807, 2.05) is 0 Å². The Labute approximate surface area is 72.2 Å². The minimum absolute atomic E-state index is 0.0328. The number of carbonyl (C=O) groups is 1. The Kier molecular flexibility index (Phi) is 2.70. The Bertz CT molecular complexity index is 308. The lowest BCUT2D eigenvalue weighted by Gasteiger charge is -1.89. The molecule has 0 amide bonds. The van der Waals surface area contributed by atoms with Gasteiger partial charge in [-0.3, -0.25) is 4.79 Å². The highest BCUT2D eigenvalue weighted by Crippen LogP contribution is 2.05. The molecule has 6 nitrogen and oxygen atoms in total. The van der Waals surface area contributed by atoms with Crippen LogP contribution in [0.3, 0.4) is 0 Å². The van der Waals surface area contributed by atoms with E-state index >= 15 is 0 Å². The van der Waals surface area contributed by atoms with Crippen molar-refractivity contribution in [2.45, 2.75) is 0 Å². The van der Waals surface area contributed by atoms with Crippen LogP contribution >= 0.6 is 11.5 Å². The van der Waals surface area contributed by atoms with Gasteiger partial charge in [-0.2, -0.15) is 9.36 Å². The number of nitrogens with two attached hydrogens (primary N) is 1. The quantitative estimate of drug-likeness (QED) is 0.396. The van der Waals surface area contributed by atoms with E-state index in [9.17, 15) is 4.79 Å². The van der Waals surface area contributed by atoms with Gasteiger partial charge in [-0.05, 0) is 0 Å². The second-order valence-electron chi connectivity index (χ2n) is 1.73. The van der Waals surface area contributed by atoms with Gasteiger partial charge in [0, 0.05) is 11.5 Å². The van der Waals surface area contributed by atoms with Crippen LogP contribution in [0.15, 0.2) is 5.16 Å². The van der Waals surface area contributed by atoms with Crippen molar-refractivity contribution >= 4 is 28.7 Å². The molecule has 0 aliphatic heterocycles. The molecule has 1 rings (SSSR count). The highest BCUT2D eigenvalue weighted by Gasteiger charge is 2.08. The third kappa shape index (κ3) is 1.76. The van der Waals surface area contributed by atoms with Gasteiger partial charge in [-0.15, -0.1) is 0 Å². The van der Waals surface area contributed by atoms with E-state index in [0.717, 1.165) is 11.5 Å². The van der Waals surface area contributed by atoms with Crippen LogP contribution in [0.4, 0.5) is 5.13 Å². The minimum atomic E-state index is 0.0328. The molecule has 1 heterocycles. The molecule has 0 aliphatic carbocycles. The van der Waals surface area contributed by atoms with Gasteiger partial charge in [-0.1, -0.05) is 5.16 Å². The molecule has 0 aliphatic rings. The maximum atomic E-state index is 10.4. The molecule has 0 unspecified atom stereocenters. The molecule has 0 saturated carbocycles. The van der Waals surface area contributed by atoms with E-state index in [1.165, 1.54) is 7.11 Å². The van der Waals surface area contributed by atoms with Crippen LogP contribution in [0.2, 0.25) is 0 Å². The Balaban J connectivity index is 2.94. The van der Waals surface area contributed by atoms with Gasteiger partial charge in [0.1, 0.15) is 7.11 Å². The van der Waals surface area contributed by atoms with Crippen LogP contribution < -0.4 is 5.73 Å². The van der Waals surface area contributed by atoms with Crippen LogP contribution in [0.5, 0.6) is 0 Å². The van der Waals surface area contributed by atoms with E-state index in [1.54, 1.807) is 0 Å². The molecule has 0 radical (unpaired) electrons. The molecule has 1 aromatic heterocycles. The average molecular weight is 186 g/mol. The maximum absolute atomic E-state index is 10.4. The molecule has 0 saturated heterocycles. The fraction of sp³-hybridized carbons (Fsp3) is 0.200. The van der Waals surface area contributed by atoms with Crippen molar-refractivity contribution in [2.75, 3.05) is 12.8 Å². The molecule has 7 heteroatoms. The van der Waals surface area contributed by atoms with Crippen LogP contribution in [0.25, 0.3) is 0 Å². The number of anilines is 1. The molecule has 1 aromatic rings. The molecule has 0 spiro atoms. The third-order valence-corrected chi connectivity index (χ3v) is 1.51. The number of aromatic nitrogens is 2. The molecular formula is C5H6N4O2S. The number of rotatable bonds is 3. The number of aldehydes is 1. The van der Waals surface area contributed by atoms with Gasteiger partial charge in [-0.25, -0.2) is 0 Å². The topological polar surface area (TPSA) is 90.5 Å². The summed E-state index contributed by atoms with van der Waals surface area (Å²) in [6, 6.07) is 0. The van der Waals surface area contributed by atoms with Gasteiger partial charge in [0.05, 0.1) is 0 Å². The highest BCUT2D eigenvalue weighted by molar-refractivity contribution is 7.09. The smallest absolute Gasteiger partial charge is 0.200 e. The first-order chi connectivity index (χ1) is 5.77. The zero-order valence-corrected chi connectivity index (χ0v) is 7.04. The molecule has 2 N–H and O–H groups in total. The predicted molar refractivity (Wildman–Crippen MR) is 43.9 cm³/mol. The lowest BCUT2D eigenvalue weighted by Crippen LogP contribution is -2.05. The number of hydrogen-bond donors (Lipinski definition) is 1. The van der Waals surface area contributed by atoms with E-state index in [0.29, 0.717) is 6.29 Å². The fourth-order valence-corrected chi connectivity index (χ4v) is 0.994. The monoisotopic (exact) mass is 186 g/mol. The number of oxime groups is 1. The van der Waals surface area contributed by atoms with E-state index in [-0.39, 0.29) is 16.7 Å². The zero-order valence-electron chi connectivity index (χ0n) is 6.22. The van der Waals surface area contributed by atoms with Gasteiger partial charge >= 0.3 is 0 Å². The average Bonchev–Trinajstić information content (AvgIpc) is 2.47. The largest absolute Gasteiger partial charge is 0.398 e. The number of hydrogen-bond acceptors (Lipinski definition) is 7. The summed E-state index contributed by atoms with van der Waals surface area (Å²) < 4.78 is 3.77. The van der Waals surface area contributed by atoms with Crippen molar-refractivity contribution in [1.82, 2.24) is 9.36 Å². The van der Waals surface area contributed by atoms with Crippen LogP contribution in [0, 0.1) is 0 Å². The maximum Gasteiger partial charge on any atom is 0.200 e. The summed E-state index contributed by atoms with van der Waals surface area (Å²) in [6.45, 7) is 0. The standard InChI is InChI=1S/C5H6N4O2S/c1-11-8-3(2-10)4-7-5(6)12-9-4/h2H,1H3,(H2,6,7,9)/b8-3+. The fourth-order valence-electron chi connectivity index (χ4n) is 0.553. The van der Waals surface area contributed by atoms with Crippen LogP contribution in [0.1, 0.15) is 5.82 Å². The number of carbonyl (C=O) groups excluding carboxylic acids is 1. The first-order valence-electron chi connectivity index (χ1n) is 2.94. The normalized spacial score (nSPS) is 11.2. The summed E-state index contributed by atoms with van der Waals surface area (Å²) >= 11 is 0.995. The Morgan fingerprint density at radius 3 is 3.00 bits per heavy atom. The summed E-state index contributed by atoms with van der Waals surface area (Å²) in [5.41, 5.74) is 5.33. The van der Waals surface area contributed by atoms with Crippen LogP contribution in [-0.2, 0) is 9.63 Å².